The zero-order valence-electron chi connectivity index (χ0n) is 20.1. The van der Waals surface area contributed by atoms with Crippen LogP contribution in [0.25, 0.3) is 6.08 Å². The molecule has 36 heavy (non-hydrogen) atoms. The van der Waals surface area contributed by atoms with Crippen molar-refractivity contribution in [2.24, 2.45) is 0 Å². The Morgan fingerprint density at radius 1 is 1.03 bits per heavy atom. The minimum absolute atomic E-state index is 0.00633. The van der Waals surface area contributed by atoms with E-state index in [-0.39, 0.29) is 5.91 Å². The summed E-state index contributed by atoms with van der Waals surface area (Å²) in [6, 6.07) is 20.4. The normalized spacial score (nSPS) is 16.4. The van der Waals surface area contributed by atoms with Crippen LogP contribution < -0.4 is 10.2 Å². The first kappa shape index (κ1) is 24.8. The maximum absolute atomic E-state index is 12.2. The predicted octanol–water partition coefficient (Wildman–Crippen LogP) is 5.15. The summed E-state index contributed by atoms with van der Waals surface area (Å²) in [5.74, 6) is 1.60. The van der Waals surface area contributed by atoms with Crippen molar-refractivity contribution in [2.45, 2.75) is 29.8 Å². The maximum Gasteiger partial charge on any atom is 0.251 e. The van der Waals surface area contributed by atoms with E-state index in [9.17, 15) is 4.79 Å². The Morgan fingerprint density at radius 2 is 1.78 bits per heavy atom. The van der Waals surface area contributed by atoms with Crippen LogP contribution in [0.2, 0.25) is 5.15 Å². The van der Waals surface area contributed by atoms with Gasteiger partial charge < -0.3 is 10.2 Å². The molecule has 1 amide bonds. The Kier molecular flexibility index (Phi) is 8.21. The highest BCUT2D eigenvalue weighted by Gasteiger charge is 2.23. The number of hydrogen-bond donors (Lipinski definition) is 1. The summed E-state index contributed by atoms with van der Waals surface area (Å²) in [6.07, 6.45) is 6.58. The molecule has 1 aromatic heterocycles. The van der Waals surface area contributed by atoms with Gasteiger partial charge in [-0.15, -0.1) is 0 Å². The SMILES string of the molecule is O=C(NC1CC1)c1ccc(CSc2nc(Cl)cc(N3CCN(CC=Cc4ccccc4)CC3)n2)cc1. The number of amides is 1. The van der Waals surface area contributed by atoms with Crippen LogP contribution in [0.15, 0.2) is 71.9 Å². The third-order valence-corrected chi connectivity index (χ3v) is 7.44. The third kappa shape index (κ3) is 7.09. The molecule has 1 saturated heterocycles. The van der Waals surface area contributed by atoms with Crippen LogP contribution >= 0.6 is 23.4 Å². The van der Waals surface area contributed by atoms with Crippen molar-refractivity contribution < 1.29 is 4.79 Å². The fourth-order valence-electron chi connectivity index (χ4n) is 4.07. The molecule has 2 aromatic carbocycles. The Balaban J connectivity index is 1.12. The highest BCUT2D eigenvalue weighted by atomic mass is 35.5. The molecule has 0 spiro atoms. The summed E-state index contributed by atoms with van der Waals surface area (Å²) < 4.78 is 0. The lowest BCUT2D eigenvalue weighted by molar-refractivity contribution is 0.0951. The summed E-state index contributed by atoms with van der Waals surface area (Å²) in [6.45, 7) is 4.70. The van der Waals surface area contributed by atoms with Gasteiger partial charge in [0.05, 0.1) is 0 Å². The fraction of sp³-hybridized carbons (Fsp3) is 0.321. The number of carbonyl (C=O) groups is 1. The van der Waals surface area contributed by atoms with Gasteiger partial charge in [0.1, 0.15) is 11.0 Å². The highest BCUT2D eigenvalue weighted by molar-refractivity contribution is 7.98. The Hall–Kier alpha value is -2.87. The van der Waals surface area contributed by atoms with Crippen molar-refractivity contribution in [1.29, 1.82) is 0 Å². The van der Waals surface area contributed by atoms with Crippen LogP contribution in [0.3, 0.4) is 0 Å². The second kappa shape index (κ2) is 11.9. The van der Waals surface area contributed by atoms with Crippen LogP contribution in [0, 0.1) is 0 Å². The average Bonchev–Trinajstić information content (AvgIpc) is 3.72. The molecular weight excluding hydrogens is 490 g/mol. The molecule has 2 aliphatic rings. The molecular formula is C28H30ClN5OS. The van der Waals surface area contributed by atoms with Crippen molar-refractivity contribution in [3.05, 3.63) is 88.6 Å². The Labute approximate surface area is 221 Å². The van der Waals surface area contributed by atoms with Gasteiger partial charge in [0.2, 0.25) is 0 Å². The molecule has 0 radical (unpaired) electrons. The number of halogens is 1. The second-order valence-electron chi connectivity index (χ2n) is 9.17. The van der Waals surface area contributed by atoms with Gasteiger partial charge in [0.25, 0.3) is 5.91 Å². The zero-order valence-corrected chi connectivity index (χ0v) is 21.7. The van der Waals surface area contributed by atoms with Gasteiger partial charge in [0, 0.05) is 56.1 Å². The molecule has 8 heteroatoms. The number of benzene rings is 2. The number of hydrogen-bond acceptors (Lipinski definition) is 6. The molecule has 3 aromatic rings. The number of piperazine rings is 1. The van der Waals surface area contributed by atoms with Crippen LogP contribution in [-0.2, 0) is 5.75 Å². The molecule has 2 fully saturated rings. The number of anilines is 1. The van der Waals surface area contributed by atoms with E-state index in [2.05, 4.69) is 56.5 Å². The summed E-state index contributed by atoms with van der Waals surface area (Å²) >= 11 is 7.91. The lowest BCUT2D eigenvalue weighted by Gasteiger charge is -2.35. The lowest BCUT2D eigenvalue weighted by Crippen LogP contribution is -2.46. The first-order valence-electron chi connectivity index (χ1n) is 12.4. The van der Waals surface area contributed by atoms with Crippen molar-refractivity contribution in [2.75, 3.05) is 37.6 Å². The molecule has 1 aliphatic carbocycles. The van der Waals surface area contributed by atoms with Crippen molar-refractivity contribution in [3.8, 4) is 0 Å². The largest absolute Gasteiger partial charge is 0.354 e. The Bertz CT molecular complexity index is 1190. The fourth-order valence-corrected chi connectivity index (χ4v) is 5.11. The van der Waals surface area contributed by atoms with E-state index < -0.39 is 0 Å². The molecule has 0 atom stereocenters. The predicted molar refractivity (Wildman–Crippen MR) is 148 cm³/mol. The average molecular weight is 520 g/mol. The molecule has 0 unspecified atom stereocenters. The third-order valence-electron chi connectivity index (χ3n) is 6.33. The summed E-state index contributed by atoms with van der Waals surface area (Å²) in [5.41, 5.74) is 3.05. The molecule has 0 bridgehead atoms. The first-order valence-corrected chi connectivity index (χ1v) is 13.7. The van der Waals surface area contributed by atoms with E-state index in [1.165, 1.54) is 5.56 Å². The lowest BCUT2D eigenvalue weighted by atomic mass is 10.1. The minimum Gasteiger partial charge on any atom is -0.354 e. The van der Waals surface area contributed by atoms with Crippen molar-refractivity contribution in [1.82, 2.24) is 20.2 Å². The van der Waals surface area contributed by atoms with Crippen molar-refractivity contribution >= 4 is 41.2 Å². The van der Waals surface area contributed by atoms with Gasteiger partial charge in [-0.1, -0.05) is 78.0 Å². The number of carbonyl (C=O) groups excluding carboxylic acids is 1. The van der Waals surface area contributed by atoms with E-state index in [1.807, 2.05) is 36.4 Å². The monoisotopic (exact) mass is 519 g/mol. The summed E-state index contributed by atoms with van der Waals surface area (Å²) in [5, 5.41) is 4.15. The number of nitrogens with zero attached hydrogens (tertiary/aromatic N) is 4. The molecule has 6 nitrogen and oxygen atoms in total. The van der Waals surface area contributed by atoms with E-state index in [0.29, 0.717) is 27.7 Å². The minimum atomic E-state index is 0.00633. The standard InChI is InChI=1S/C28H30ClN5OS/c29-25-19-26(34-17-15-33(16-18-34)14-4-7-21-5-2-1-3-6-21)32-28(31-25)36-20-22-8-10-23(11-9-22)27(35)30-24-12-13-24/h1-11,19,24H,12-18,20H2,(H,30,35). The van der Waals surface area contributed by atoms with Crippen molar-refractivity contribution in [3.63, 3.8) is 0 Å². The number of aromatic nitrogens is 2. The molecule has 2 heterocycles. The van der Waals surface area contributed by atoms with E-state index in [1.54, 1.807) is 11.8 Å². The highest BCUT2D eigenvalue weighted by Crippen LogP contribution is 2.26. The number of nitrogens with one attached hydrogen (secondary N) is 1. The summed E-state index contributed by atoms with van der Waals surface area (Å²) in [7, 11) is 0. The Morgan fingerprint density at radius 3 is 2.50 bits per heavy atom. The van der Waals surface area contributed by atoms with Gasteiger partial charge in [-0.05, 0) is 36.1 Å². The maximum atomic E-state index is 12.2. The van der Waals surface area contributed by atoms with Crippen LogP contribution in [-0.4, -0.2) is 59.5 Å². The van der Waals surface area contributed by atoms with Gasteiger partial charge in [-0.25, -0.2) is 9.97 Å². The second-order valence-corrected chi connectivity index (χ2v) is 10.5. The van der Waals surface area contributed by atoms with E-state index >= 15 is 0 Å². The molecule has 1 N–H and O–H groups in total. The number of thioether (sulfide) groups is 1. The van der Waals surface area contributed by atoms with E-state index in [0.717, 1.165) is 56.9 Å². The van der Waals surface area contributed by atoms with Gasteiger partial charge in [-0.3, -0.25) is 9.69 Å². The van der Waals surface area contributed by atoms with Crippen LogP contribution in [0.5, 0.6) is 0 Å². The topological polar surface area (TPSA) is 61.4 Å². The zero-order chi connectivity index (χ0) is 24.7. The summed E-state index contributed by atoms with van der Waals surface area (Å²) in [4.78, 5) is 26.1. The van der Waals surface area contributed by atoms with Gasteiger partial charge >= 0.3 is 0 Å². The van der Waals surface area contributed by atoms with Crippen LogP contribution in [0.1, 0.15) is 34.3 Å². The number of rotatable bonds is 9. The van der Waals surface area contributed by atoms with E-state index in [4.69, 9.17) is 16.6 Å². The molecule has 1 saturated carbocycles. The molecule has 1 aliphatic heterocycles. The van der Waals surface area contributed by atoms with Crippen LogP contribution in [0.4, 0.5) is 5.82 Å². The first-order chi connectivity index (χ1) is 17.6. The molecule has 186 valence electrons. The molecule has 5 rings (SSSR count). The van der Waals surface area contributed by atoms with Gasteiger partial charge in [0.15, 0.2) is 5.16 Å². The smallest absolute Gasteiger partial charge is 0.251 e. The van der Waals surface area contributed by atoms with Gasteiger partial charge in [-0.2, -0.15) is 0 Å². The quantitative estimate of drug-likeness (QED) is 0.240.